The summed E-state index contributed by atoms with van der Waals surface area (Å²) < 4.78 is 0. The molecule has 3 rings (SSSR count). The van der Waals surface area contributed by atoms with E-state index in [1.54, 1.807) is 0 Å². The first kappa shape index (κ1) is 11.7. The van der Waals surface area contributed by atoms with E-state index in [9.17, 15) is 0 Å². The van der Waals surface area contributed by atoms with Crippen LogP contribution in [0.1, 0.15) is 31.2 Å². The van der Waals surface area contributed by atoms with E-state index in [1.165, 1.54) is 29.4 Å². The van der Waals surface area contributed by atoms with Gasteiger partial charge in [0.15, 0.2) is 0 Å². The summed E-state index contributed by atoms with van der Waals surface area (Å²) in [4.78, 5) is 4.36. The highest BCUT2D eigenvalue weighted by molar-refractivity contribution is 6.22. The van der Waals surface area contributed by atoms with Crippen LogP contribution < -0.4 is 0 Å². The number of halogens is 1. The van der Waals surface area contributed by atoms with Crippen LogP contribution in [0.4, 0.5) is 0 Å². The van der Waals surface area contributed by atoms with Crippen molar-refractivity contribution in [2.45, 2.75) is 31.1 Å². The van der Waals surface area contributed by atoms with Crippen LogP contribution >= 0.6 is 11.6 Å². The van der Waals surface area contributed by atoms with Crippen LogP contribution in [0.3, 0.4) is 0 Å². The lowest BCUT2D eigenvalue weighted by molar-refractivity contribution is 0.724. The topological polar surface area (TPSA) is 12.9 Å². The third-order valence-corrected chi connectivity index (χ3v) is 3.88. The van der Waals surface area contributed by atoms with Crippen molar-refractivity contribution in [3.8, 4) is 0 Å². The minimum atomic E-state index is 0.187. The van der Waals surface area contributed by atoms with Crippen molar-refractivity contribution in [1.29, 1.82) is 0 Å². The quantitative estimate of drug-likeness (QED) is 0.669. The van der Waals surface area contributed by atoms with E-state index in [0.29, 0.717) is 0 Å². The molecule has 2 aromatic rings. The molecule has 0 amide bonds. The molecule has 0 aliphatic heterocycles. The summed E-state index contributed by atoms with van der Waals surface area (Å²) in [7, 11) is 0. The van der Waals surface area contributed by atoms with E-state index in [2.05, 4.69) is 35.3 Å². The Hall–Kier alpha value is -1.34. The van der Waals surface area contributed by atoms with Crippen LogP contribution in [0.2, 0.25) is 0 Å². The highest BCUT2D eigenvalue weighted by Gasteiger charge is 2.11. The molecule has 18 heavy (non-hydrogen) atoms. The molecule has 1 aromatic carbocycles. The van der Waals surface area contributed by atoms with Gasteiger partial charge in [0.25, 0.3) is 0 Å². The van der Waals surface area contributed by atoms with E-state index in [-0.39, 0.29) is 5.38 Å². The monoisotopic (exact) mass is 257 g/mol. The normalized spacial score (nSPS) is 20.5. The van der Waals surface area contributed by atoms with Crippen molar-refractivity contribution in [2.75, 3.05) is 0 Å². The van der Waals surface area contributed by atoms with Gasteiger partial charge in [-0.15, -0.1) is 11.6 Å². The molecule has 1 heterocycles. The summed E-state index contributed by atoms with van der Waals surface area (Å²) in [6.45, 7) is 0. The third-order valence-electron chi connectivity index (χ3n) is 3.53. The second-order valence-electron chi connectivity index (χ2n) is 4.86. The number of benzene rings is 1. The molecule has 1 nitrogen and oxygen atoms in total. The van der Waals surface area contributed by atoms with Gasteiger partial charge in [-0.25, -0.2) is 0 Å². The summed E-state index contributed by atoms with van der Waals surface area (Å²) in [5.41, 5.74) is 3.74. The van der Waals surface area contributed by atoms with Crippen molar-refractivity contribution in [3.05, 3.63) is 48.2 Å². The fourth-order valence-electron chi connectivity index (χ4n) is 2.56. The Kier molecular flexibility index (Phi) is 3.33. The van der Waals surface area contributed by atoms with Crippen molar-refractivity contribution in [2.24, 2.45) is 0 Å². The smallest absolute Gasteiger partial charge is 0.0702 e. The van der Waals surface area contributed by atoms with Gasteiger partial charge in [0.1, 0.15) is 0 Å². The molecule has 1 aromatic heterocycles. The maximum atomic E-state index is 6.30. The summed E-state index contributed by atoms with van der Waals surface area (Å²) in [6, 6.07) is 10.6. The average molecular weight is 258 g/mol. The largest absolute Gasteiger partial charge is 0.256 e. The predicted octanol–water partition coefficient (Wildman–Crippen LogP) is 4.80. The zero-order valence-corrected chi connectivity index (χ0v) is 11.0. The number of nitrogens with zero attached hydrogens (tertiary/aromatic N) is 1. The van der Waals surface area contributed by atoms with Gasteiger partial charge in [0.05, 0.1) is 10.9 Å². The Morgan fingerprint density at radius 2 is 2.11 bits per heavy atom. The average Bonchev–Trinajstić information content (AvgIpc) is 2.63. The molecular formula is C16H16ClN. The van der Waals surface area contributed by atoms with Gasteiger partial charge in [-0.1, -0.05) is 24.6 Å². The molecule has 92 valence electrons. The van der Waals surface area contributed by atoms with Crippen LogP contribution in [-0.2, 0) is 0 Å². The maximum Gasteiger partial charge on any atom is 0.0702 e. The Morgan fingerprint density at radius 3 is 3.06 bits per heavy atom. The molecule has 0 radical (unpaired) electrons. The van der Waals surface area contributed by atoms with Crippen molar-refractivity contribution in [3.63, 3.8) is 0 Å². The number of fused-ring (bicyclic) bond motifs is 1. The van der Waals surface area contributed by atoms with Crippen LogP contribution in [0.5, 0.6) is 0 Å². The first-order valence-electron chi connectivity index (χ1n) is 6.53. The molecule has 1 aliphatic carbocycles. The van der Waals surface area contributed by atoms with Gasteiger partial charge >= 0.3 is 0 Å². The zero-order valence-electron chi connectivity index (χ0n) is 10.3. The van der Waals surface area contributed by atoms with Gasteiger partial charge < -0.3 is 0 Å². The molecule has 0 bridgehead atoms. The molecule has 1 aliphatic rings. The van der Waals surface area contributed by atoms with Crippen LogP contribution in [-0.4, -0.2) is 10.4 Å². The van der Waals surface area contributed by atoms with Crippen LogP contribution in [0.15, 0.2) is 42.6 Å². The molecule has 0 spiro atoms. The number of allylic oxidation sites excluding steroid dienone is 2. The highest BCUT2D eigenvalue weighted by Crippen LogP contribution is 2.29. The molecular weight excluding hydrogens is 242 g/mol. The van der Waals surface area contributed by atoms with Gasteiger partial charge in [0.2, 0.25) is 0 Å². The van der Waals surface area contributed by atoms with Crippen molar-refractivity contribution >= 4 is 28.1 Å². The number of hydrogen-bond donors (Lipinski definition) is 0. The van der Waals surface area contributed by atoms with Crippen molar-refractivity contribution < 1.29 is 0 Å². The van der Waals surface area contributed by atoms with E-state index in [0.717, 1.165) is 18.4 Å². The maximum absolute atomic E-state index is 6.30. The third kappa shape index (κ3) is 2.41. The number of hydrogen-bond acceptors (Lipinski definition) is 1. The van der Waals surface area contributed by atoms with E-state index in [4.69, 9.17) is 11.6 Å². The number of alkyl halides is 1. The van der Waals surface area contributed by atoms with Crippen LogP contribution in [0, 0.1) is 0 Å². The Labute approximate surface area is 112 Å². The second-order valence-corrected chi connectivity index (χ2v) is 5.43. The second kappa shape index (κ2) is 5.11. The molecule has 2 heteroatoms. The molecule has 1 unspecified atom stereocenters. The Balaban J connectivity index is 2.03. The van der Waals surface area contributed by atoms with Gasteiger partial charge in [0, 0.05) is 11.6 Å². The van der Waals surface area contributed by atoms with E-state index >= 15 is 0 Å². The highest BCUT2D eigenvalue weighted by atomic mass is 35.5. The number of pyridine rings is 1. The van der Waals surface area contributed by atoms with Gasteiger partial charge in [-0.2, -0.15) is 0 Å². The summed E-state index contributed by atoms with van der Waals surface area (Å²) >= 11 is 6.30. The first-order valence-corrected chi connectivity index (χ1v) is 6.96. The summed E-state index contributed by atoms with van der Waals surface area (Å²) in [6.07, 6.45) is 8.76. The Bertz CT molecular complexity index is 588. The van der Waals surface area contributed by atoms with Crippen LogP contribution in [0.25, 0.3) is 16.5 Å². The summed E-state index contributed by atoms with van der Waals surface area (Å²) in [5.74, 6) is 0. The standard InChI is InChI=1S/C16H16ClN/c17-15-6-2-1-4-12(11-15)13-7-8-16-14(10-13)5-3-9-18-16/h3,5,7-11,15H,1-2,4,6H2. The van der Waals surface area contributed by atoms with E-state index in [1.807, 2.05) is 12.3 Å². The predicted molar refractivity (Wildman–Crippen MR) is 77.8 cm³/mol. The number of rotatable bonds is 1. The zero-order chi connectivity index (χ0) is 12.4. The van der Waals surface area contributed by atoms with Gasteiger partial charge in [-0.3, -0.25) is 4.98 Å². The lowest BCUT2D eigenvalue weighted by Gasteiger charge is -2.07. The molecule has 0 fully saturated rings. The van der Waals surface area contributed by atoms with E-state index < -0.39 is 0 Å². The summed E-state index contributed by atoms with van der Waals surface area (Å²) in [5, 5.41) is 1.39. The minimum absolute atomic E-state index is 0.187. The van der Waals surface area contributed by atoms with Crippen molar-refractivity contribution in [1.82, 2.24) is 4.98 Å². The lowest BCUT2D eigenvalue weighted by Crippen LogP contribution is -1.91. The molecule has 0 N–H and O–H groups in total. The fourth-order valence-corrected chi connectivity index (χ4v) is 2.86. The lowest BCUT2D eigenvalue weighted by atomic mass is 9.99. The molecule has 0 saturated heterocycles. The van der Waals surface area contributed by atoms with Gasteiger partial charge in [-0.05, 0) is 48.6 Å². The fraction of sp³-hybridized carbons (Fsp3) is 0.312. The molecule has 1 atom stereocenters. The number of aromatic nitrogens is 1. The SMILES string of the molecule is ClC1C=C(c2ccc3ncccc3c2)CCCC1. The first-order chi connectivity index (χ1) is 8.83. The molecule has 0 saturated carbocycles. The minimum Gasteiger partial charge on any atom is -0.256 e. The Morgan fingerprint density at radius 1 is 1.17 bits per heavy atom.